The lowest BCUT2D eigenvalue weighted by Gasteiger charge is -2.14. The van der Waals surface area contributed by atoms with Crippen molar-refractivity contribution in [2.24, 2.45) is 0 Å². The molecular weight excluding hydrogens is 184 g/mol. The van der Waals surface area contributed by atoms with Crippen molar-refractivity contribution in [3.05, 3.63) is 21.7 Å². The first kappa shape index (κ1) is 8.56. The molecule has 1 heterocycles. The van der Waals surface area contributed by atoms with Crippen molar-refractivity contribution in [2.45, 2.75) is 26.2 Å². The number of carbonyl (C=O) groups excluding carboxylic acids is 1. The van der Waals surface area contributed by atoms with Crippen molar-refractivity contribution in [2.75, 3.05) is 0 Å². The molecule has 0 aromatic carbocycles. The van der Waals surface area contributed by atoms with Crippen LogP contribution in [0.25, 0.3) is 0 Å². The van der Waals surface area contributed by atoms with Crippen LogP contribution < -0.4 is 0 Å². The molecule has 13 heavy (non-hydrogen) atoms. The maximum Gasteiger partial charge on any atom is 0.197 e. The molecule has 2 rings (SSSR count). The Hall–Kier alpha value is -1.03. The van der Waals surface area contributed by atoms with Gasteiger partial charge in [-0.25, -0.2) is 4.98 Å². The van der Waals surface area contributed by atoms with E-state index in [1.807, 2.05) is 6.92 Å². The Morgan fingerprint density at radius 2 is 2.23 bits per heavy atom. The van der Waals surface area contributed by atoms with Crippen molar-refractivity contribution in [3.63, 3.8) is 0 Å². The van der Waals surface area contributed by atoms with Gasteiger partial charge in [0.2, 0.25) is 0 Å². The Labute approximate surface area is 81.2 Å². The van der Waals surface area contributed by atoms with Crippen LogP contribution in [-0.2, 0) is 6.42 Å². The Morgan fingerprint density at radius 3 is 3.00 bits per heavy atom. The van der Waals surface area contributed by atoms with E-state index in [0.717, 1.165) is 29.8 Å². The first-order chi connectivity index (χ1) is 6.18. The molecule has 0 aliphatic heterocycles. The zero-order chi connectivity index (χ0) is 9.42. The van der Waals surface area contributed by atoms with Crippen LogP contribution in [0.5, 0.6) is 0 Å². The van der Waals surface area contributed by atoms with Crippen molar-refractivity contribution < 1.29 is 4.79 Å². The van der Waals surface area contributed by atoms with Crippen molar-refractivity contribution in [1.29, 1.82) is 0 Å². The van der Waals surface area contributed by atoms with Crippen LogP contribution in [0, 0.1) is 11.7 Å². The quantitative estimate of drug-likeness (QED) is 0.642. The third-order valence-electron chi connectivity index (χ3n) is 2.29. The van der Waals surface area contributed by atoms with Crippen LogP contribution in [-0.4, -0.2) is 15.8 Å². The van der Waals surface area contributed by atoms with Gasteiger partial charge in [-0.15, -0.1) is 0 Å². The van der Waals surface area contributed by atoms with Gasteiger partial charge < -0.3 is 4.98 Å². The van der Waals surface area contributed by atoms with Crippen LogP contribution in [0.1, 0.15) is 34.6 Å². The van der Waals surface area contributed by atoms with Crippen LogP contribution in [0.2, 0.25) is 0 Å². The molecule has 0 saturated heterocycles. The van der Waals surface area contributed by atoms with Gasteiger partial charge in [-0.3, -0.25) is 4.79 Å². The highest BCUT2D eigenvalue weighted by Crippen LogP contribution is 2.20. The summed E-state index contributed by atoms with van der Waals surface area (Å²) in [6, 6.07) is 0. The molecule has 1 N–H and O–H groups in total. The number of Topliss-reactive ketones (excluding diaryl/α,β-unsaturated/α-hetero) is 1. The number of aromatic amines is 1. The fourth-order valence-electron chi connectivity index (χ4n) is 1.74. The van der Waals surface area contributed by atoms with E-state index in [1.54, 1.807) is 0 Å². The second-order valence-corrected chi connectivity index (χ2v) is 3.65. The summed E-state index contributed by atoms with van der Waals surface area (Å²) in [4.78, 5) is 18.6. The highest BCUT2D eigenvalue weighted by Gasteiger charge is 2.20. The van der Waals surface area contributed by atoms with Crippen LogP contribution in [0.3, 0.4) is 0 Å². The van der Waals surface area contributed by atoms with Crippen LogP contribution in [0.15, 0.2) is 0 Å². The third-order valence-corrected chi connectivity index (χ3v) is 2.48. The van der Waals surface area contributed by atoms with E-state index in [2.05, 4.69) is 9.97 Å². The number of aromatic nitrogens is 2. The first-order valence-corrected chi connectivity index (χ1v) is 4.72. The maximum atomic E-state index is 11.5. The second kappa shape index (κ2) is 3.03. The summed E-state index contributed by atoms with van der Waals surface area (Å²) in [5.74, 6) is 0.192. The average Bonchev–Trinajstić information content (AvgIpc) is 2.02. The van der Waals surface area contributed by atoms with Gasteiger partial charge in [0.1, 0.15) is 0 Å². The molecule has 4 heteroatoms. The topological polar surface area (TPSA) is 45.8 Å². The summed E-state index contributed by atoms with van der Waals surface area (Å²) in [5.41, 5.74) is 2.50. The van der Waals surface area contributed by atoms with Crippen LogP contribution >= 0.6 is 12.2 Å². The minimum atomic E-state index is 0.192. The summed E-state index contributed by atoms with van der Waals surface area (Å²) in [5, 5.41) is 0. The summed E-state index contributed by atoms with van der Waals surface area (Å²) in [6.07, 6.45) is 2.41. The molecule has 0 atom stereocenters. The largest absolute Gasteiger partial charge is 0.334 e. The van der Waals surface area contributed by atoms with Crippen molar-refractivity contribution >= 4 is 18.0 Å². The highest BCUT2D eigenvalue weighted by molar-refractivity contribution is 7.71. The number of nitrogens with zero attached hydrogens (tertiary/aromatic N) is 1. The summed E-state index contributed by atoms with van der Waals surface area (Å²) in [6.45, 7) is 1.87. The first-order valence-electron chi connectivity index (χ1n) is 4.31. The zero-order valence-corrected chi connectivity index (χ0v) is 8.20. The molecule has 1 aromatic heterocycles. The van der Waals surface area contributed by atoms with Gasteiger partial charge in [-0.1, -0.05) is 0 Å². The molecule has 0 amide bonds. The number of H-pyrrole nitrogens is 1. The lowest BCUT2D eigenvalue weighted by Crippen LogP contribution is -2.15. The molecule has 0 saturated carbocycles. The molecule has 1 aliphatic carbocycles. The van der Waals surface area contributed by atoms with E-state index in [-0.39, 0.29) is 5.78 Å². The Morgan fingerprint density at radius 1 is 1.46 bits per heavy atom. The van der Waals surface area contributed by atoms with E-state index in [0.29, 0.717) is 11.2 Å². The van der Waals surface area contributed by atoms with Crippen molar-refractivity contribution in [3.8, 4) is 0 Å². The number of aryl methyl sites for hydroxylation is 2. The van der Waals surface area contributed by atoms with Crippen LogP contribution in [0.4, 0.5) is 0 Å². The standard InChI is InChI=1S/C9H10N2OS/c1-5-8-6(11-9(13)10-5)3-2-4-7(8)12/h2-4H2,1H3,(H,10,11,13). The van der Waals surface area contributed by atoms with E-state index in [4.69, 9.17) is 12.2 Å². The highest BCUT2D eigenvalue weighted by atomic mass is 32.1. The van der Waals surface area contributed by atoms with Gasteiger partial charge in [0.25, 0.3) is 0 Å². The lowest BCUT2D eigenvalue weighted by molar-refractivity contribution is 0.0970. The number of hydrogen-bond acceptors (Lipinski definition) is 3. The van der Waals surface area contributed by atoms with E-state index < -0.39 is 0 Å². The molecule has 0 fully saturated rings. The van der Waals surface area contributed by atoms with Crippen molar-refractivity contribution in [1.82, 2.24) is 9.97 Å². The SMILES string of the molecule is Cc1[nH]c(=S)nc2c1C(=O)CCC2. The summed E-state index contributed by atoms with van der Waals surface area (Å²) < 4.78 is 0.478. The van der Waals surface area contributed by atoms with Gasteiger partial charge in [-0.05, 0) is 32.0 Å². The zero-order valence-electron chi connectivity index (χ0n) is 7.39. The Balaban J connectivity index is 2.70. The van der Waals surface area contributed by atoms with E-state index in [1.165, 1.54) is 0 Å². The number of hydrogen-bond donors (Lipinski definition) is 1. The predicted octanol–water partition coefficient (Wildman–Crippen LogP) is 1.97. The molecule has 1 aromatic rings. The third kappa shape index (κ3) is 1.42. The van der Waals surface area contributed by atoms with Gasteiger partial charge in [0, 0.05) is 12.1 Å². The number of rotatable bonds is 0. The predicted molar refractivity (Wildman–Crippen MR) is 51.4 cm³/mol. The molecule has 0 unspecified atom stereocenters. The molecule has 1 aliphatic rings. The molecule has 0 bridgehead atoms. The van der Waals surface area contributed by atoms with E-state index >= 15 is 0 Å². The van der Waals surface area contributed by atoms with Gasteiger partial charge >= 0.3 is 0 Å². The average molecular weight is 194 g/mol. The normalized spacial score (nSPS) is 15.6. The summed E-state index contributed by atoms with van der Waals surface area (Å²) >= 11 is 4.95. The molecule has 0 radical (unpaired) electrons. The van der Waals surface area contributed by atoms with Gasteiger partial charge in [-0.2, -0.15) is 0 Å². The second-order valence-electron chi connectivity index (χ2n) is 3.27. The van der Waals surface area contributed by atoms with Gasteiger partial charge in [0.05, 0.1) is 11.3 Å². The molecule has 3 nitrogen and oxygen atoms in total. The Kier molecular flexibility index (Phi) is 2.00. The number of fused-ring (bicyclic) bond motifs is 1. The smallest absolute Gasteiger partial charge is 0.197 e. The number of carbonyl (C=O) groups is 1. The van der Waals surface area contributed by atoms with E-state index in [9.17, 15) is 4.79 Å². The lowest BCUT2D eigenvalue weighted by atomic mass is 9.94. The van der Waals surface area contributed by atoms with Gasteiger partial charge in [0.15, 0.2) is 10.6 Å². The minimum absolute atomic E-state index is 0.192. The maximum absolute atomic E-state index is 11.5. The minimum Gasteiger partial charge on any atom is -0.334 e. The fourth-order valence-corrected chi connectivity index (χ4v) is 2.00. The molecule has 0 spiro atoms. The Bertz CT molecular complexity index is 422. The number of nitrogens with one attached hydrogen (secondary N) is 1. The monoisotopic (exact) mass is 194 g/mol. The summed E-state index contributed by atoms with van der Waals surface area (Å²) in [7, 11) is 0. The molecule has 68 valence electrons. The number of ketones is 1. The fraction of sp³-hybridized carbons (Fsp3) is 0.444. The molecular formula is C9H10N2OS.